The fourth-order valence-electron chi connectivity index (χ4n) is 2.04. The van der Waals surface area contributed by atoms with E-state index in [-0.39, 0.29) is 0 Å². The van der Waals surface area contributed by atoms with Gasteiger partial charge in [0, 0.05) is 10.4 Å². The molecule has 6 heteroatoms. The summed E-state index contributed by atoms with van der Waals surface area (Å²) < 4.78 is 5.18. The molecule has 0 bridgehead atoms. The van der Waals surface area contributed by atoms with Crippen molar-refractivity contribution in [1.29, 1.82) is 0 Å². The summed E-state index contributed by atoms with van der Waals surface area (Å²) in [6.45, 7) is 2.06. The molecule has 22 heavy (non-hydrogen) atoms. The number of hydrogen-bond donors (Lipinski definition) is 1. The van der Waals surface area contributed by atoms with Crippen molar-refractivity contribution >= 4 is 33.8 Å². The van der Waals surface area contributed by atoms with Gasteiger partial charge in [-0.25, -0.2) is 9.97 Å². The maximum atomic E-state index is 5.79. The van der Waals surface area contributed by atoms with Crippen LogP contribution in [-0.4, -0.2) is 17.1 Å². The SMILES string of the molecule is COc1ccc(-c2nc(Nc3ccc(Cl)nc3)sc2C)cc1. The van der Waals surface area contributed by atoms with Crippen LogP contribution in [0.5, 0.6) is 5.75 Å². The second-order valence-electron chi connectivity index (χ2n) is 4.65. The molecule has 0 aliphatic carbocycles. The predicted molar refractivity (Wildman–Crippen MR) is 91.4 cm³/mol. The Kier molecular flexibility index (Phi) is 4.27. The van der Waals surface area contributed by atoms with Crippen molar-refractivity contribution < 1.29 is 4.74 Å². The second kappa shape index (κ2) is 6.34. The lowest BCUT2D eigenvalue weighted by Gasteiger charge is -2.02. The van der Waals surface area contributed by atoms with E-state index in [1.165, 1.54) is 0 Å². The van der Waals surface area contributed by atoms with Crippen LogP contribution in [0.2, 0.25) is 5.15 Å². The lowest BCUT2D eigenvalue weighted by Crippen LogP contribution is -1.90. The number of hydrogen-bond acceptors (Lipinski definition) is 5. The minimum absolute atomic E-state index is 0.472. The molecule has 0 atom stereocenters. The molecule has 0 amide bonds. The number of rotatable bonds is 4. The zero-order chi connectivity index (χ0) is 15.5. The van der Waals surface area contributed by atoms with Gasteiger partial charge in [0.25, 0.3) is 0 Å². The van der Waals surface area contributed by atoms with Gasteiger partial charge < -0.3 is 10.1 Å². The molecular weight excluding hydrogens is 318 g/mol. The van der Waals surface area contributed by atoms with Crippen molar-refractivity contribution in [2.75, 3.05) is 12.4 Å². The molecule has 1 N–H and O–H groups in total. The number of halogens is 1. The standard InChI is InChI=1S/C16H14ClN3OS/c1-10-15(11-3-6-13(21-2)7-4-11)20-16(22-10)19-12-5-8-14(17)18-9-12/h3-9H,1-2H3,(H,19,20). The Bertz CT molecular complexity index is 769. The lowest BCUT2D eigenvalue weighted by atomic mass is 10.1. The van der Waals surface area contributed by atoms with Crippen molar-refractivity contribution in [2.45, 2.75) is 6.92 Å². The van der Waals surface area contributed by atoms with Gasteiger partial charge in [-0.2, -0.15) is 0 Å². The first-order valence-electron chi connectivity index (χ1n) is 6.66. The van der Waals surface area contributed by atoms with E-state index in [1.807, 2.05) is 30.3 Å². The maximum Gasteiger partial charge on any atom is 0.188 e. The molecule has 2 aromatic heterocycles. The van der Waals surface area contributed by atoms with E-state index in [9.17, 15) is 0 Å². The van der Waals surface area contributed by atoms with Gasteiger partial charge in [-0.05, 0) is 43.3 Å². The molecule has 0 spiro atoms. The van der Waals surface area contributed by atoms with Crippen LogP contribution in [0, 0.1) is 6.92 Å². The van der Waals surface area contributed by atoms with E-state index in [0.717, 1.165) is 32.7 Å². The number of pyridine rings is 1. The number of benzene rings is 1. The number of nitrogens with one attached hydrogen (secondary N) is 1. The molecule has 0 aliphatic heterocycles. The molecule has 2 heterocycles. The number of aryl methyl sites for hydroxylation is 1. The number of thiazole rings is 1. The minimum atomic E-state index is 0.472. The molecular formula is C16H14ClN3OS. The monoisotopic (exact) mass is 331 g/mol. The summed E-state index contributed by atoms with van der Waals surface area (Å²) in [5.41, 5.74) is 2.90. The van der Waals surface area contributed by atoms with Gasteiger partial charge in [0.2, 0.25) is 0 Å². The smallest absolute Gasteiger partial charge is 0.188 e. The Labute approximate surface area is 137 Å². The third kappa shape index (κ3) is 3.21. The molecule has 4 nitrogen and oxygen atoms in total. The van der Waals surface area contributed by atoms with E-state index >= 15 is 0 Å². The molecule has 0 unspecified atom stereocenters. The summed E-state index contributed by atoms with van der Waals surface area (Å²) in [6, 6.07) is 11.5. The largest absolute Gasteiger partial charge is 0.497 e. The highest BCUT2D eigenvalue weighted by Crippen LogP contribution is 2.32. The summed E-state index contributed by atoms with van der Waals surface area (Å²) in [5, 5.41) is 4.54. The Morgan fingerprint density at radius 3 is 2.55 bits per heavy atom. The third-order valence-electron chi connectivity index (χ3n) is 3.14. The first kappa shape index (κ1) is 14.8. The van der Waals surface area contributed by atoms with Crippen molar-refractivity contribution in [3.63, 3.8) is 0 Å². The Balaban J connectivity index is 1.85. The van der Waals surface area contributed by atoms with Crippen LogP contribution in [0.1, 0.15) is 4.88 Å². The highest BCUT2D eigenvalue weighted by atomic mass is 35.5. The zero-order valence-corrected chi connectivity index (χ0v) is 13.7. The minimum Gasteiger partial charge on any atom is -0.497 e. The molecule has 0 radical (unpaired) electrons. The highest BCUT2D eigenvalue weighted by molar-refractivity contribution is 7.16. The average molecular weight is 332 g/mol. The first-order chi connectivity index (χ1) is 10.7. The number of anilines is 2. The van der Waals surface area contributed by atoms with Crippen LogP contribution < -0.4 is 10.1 Å². The quantitative estimate of drug-likeness (QED) is 0.689. The van der Waals surface area contributed by atoms with E-state index in [1.54, 1.807) is 30.7 Å². The van der Waals surface area contributed by atoms with Gasteiger partial charge in [-0.15, -0.1) is 11.3 Å². The average Bonchev–Trinajstić information content (AvgIpc) is 2.90. The predicted octanol–water partition coefficient (Wildman–Crippen LogP) is 4.92. The van der Waals surface area contributed by atoms with Gasteiger partial charge in [0.15, 0.2) is 5.13 Å². The van der Waals surface area contributed by atoms with Crippen molar-refractivity contribution in [2.24, 2.45) is 0 Å². The Hall–Kier alpha value is -2.11. The Morgan fingerprint density at radius 2 is 1.91 bits per heavy atom. The maximum absolute atomic E-state index is 5.79. The summed E-state index contributed by atoms with van der Waals surface area (Å²) in [6.07, 6.45) is 1.69. The van der Waals surface area contributed by atoms with Crippen LogP contribution in [0.3, 0.4) is 0 Å². The molecule has 0 saturated carbocycles. The van der Waals surface area contributed by atoms with Gasteiger partial charge in [0.1, 0.15) is 10.9 Å². The highest BCUT2D eigenvalue weighted by Gasteiger charge is 2.10. The molecule has 0 aliphatic rings. The molecule has 1 aromatic carbocycles. The van der Waals surface area contributed by atoms with Crippen LogP contribution >= 0.6 is 22.9 Å². The van der Waals surface area contributed by atoms with Gasteiger partial charge in [0.05, 0.1) is 24.7 Å². The van der Waals surface area contributed by atoms with Gasteiger partial charge in [-0.1, -0.05) is 11.6 Å². The topological polar surface area (TPSA) is 47.0 Å². The number of nitrogens with zero attached hydrogens (tertiary/aromatic N) is 2. The van der Waals surface area contributed by atoms with Crippen molar-refractivity contribution in [3.8, 4) is 17.0 Å². The molecule has 112 valence electrons. The summed E-state index contributed by atoms with van der Waals surface area (Å²) in [7, 11) is 1.66. The molecule has 3 rings (SSSR count). The van der Waals surface area contributed by atoms with E-state index in [0.29, 0.717) is 5.15 Å². The van der Waals surface area contributed by atoms with Crippen LogP contribution in [-0.2, 0) is 0 Å². The number of methoxy groups -OCH3 is 1. The zero-order valence-electron chi connectivity index (χ0n) is 12.1. The fraction of sp³-hybridized carbons (Fsp3) is 0.125. The summed E-state index contributed by atoms with van der Waals surface area (Å²) in [5.74, 6) is 0.835. The molecule has 3 aromatic rings. The summed E-state index contributed by atoms with van der Waals surface area (Å²) >= 11 is 7.39. The van der Waals surface area contributed by atoms with Crippen molar-refractivity contribution in [1.82, 2.24) is 9.97 Å². The molecule has 0 saturated heterocycles. The number of ether oxygens (including phenoxy) is 1. The Morgan fingerprint density at radius 1 is 1.14 bits per heavy atom. The fourth-order valence-corrected chi connectivity index (χ4v) is 3.01. The van der Waals surface area contributed by atoms with E-state index in [2.05, 4.69) is 22.2 Å². The first-order valence-corrected chi connectivity index (χ1v) is 7.85. The van der Waals surface area contributed by atoms with Crippen LogP contribution in [0.15, 0.2) is 42.6 Å². The second-order valence-corrected chi connectivity index (χ2v) is 6.24. The van der Waals surface area contributed by atoms with E-state index in [4.69, 9.17) is 16.3 Å². The summed E-state index contributed by atoms with van der Waals surface area (Å²) in [4.78, 5) is 9.85. The van der Waals surface area contributed by atoms with Crippen LogP contribution in [0.4, 0.5) is 10.8 Å². The van der Waals surface area contributed by atoms with Gasteiger partial charge >= 0.3 is 0 Å². The van der Waals surface area contributed by atoms with E-state index < -0.39 is 0 Å². The third-order valence-corrected chi connectivity index (χ3v) is 4.25. The molecule has 0 fully saturated rings. The van der Waals surface area contributed by atoms with Crippen LogP contribution in [0.25, 0.3) is 11.3 Å². The normalized spacial score (nSPS) is 10.5. The lowest BCUT2D eigenvalue weighted by molar-refractivity contribution is 0.415. The van der Waals surface area contributed by atoms with Gasteiger partial charge in [-0.3, -0.25) is 0 Å². The number of aromatic nitrogens is 2. The van der Waals surface area contributed by atoms with Crippen molar-refractivity contribution in [3.05, 3.63) is 52.6 Å².